The van der Waals surface area contributed by atoms with Crippen molar-refractivity contribution in [1.82, 2.24) is 0 Å². The molecule has 23 heavy (non-hydrogen) atoms. The maximum Gasteiger partial charge on any atom is 0.193 e. The number of rotatable bonds is 4. The summed E-state index contributed by atoms with van der Waals surface area (Å²) in [6, 6.07) is 22.8. The minimum Gasteiger partial charge on any atom is -0.497 e. The van der Waals surface area contributed by atoms with Crippen molar-refractivity contribution >= 4 is 21.7 Å². The molecule has 3 heteroatoms. The SMILES string of the molecule is COc1ccc(C(=O)c2ccccc2-c2ccc(Br)cc2)cc1. The second kappa shape index (κ2) is 6.80. The van der Waals surface area contributed by atoms with E-state index < -0.39 is 0 Å². The van der Waals surface area contributed by atoms with E-state index in [0.717, 1.165) is 21.3 Å². The van der Waals surface area contributed by atoms with E-state index in [1.54, 1.807) is 31.4 Å². The lowest BCUT2D eigenvalue weighted by Crippen LogP contribution is -2.03. The van der Waals surface area contributed by atoms with Crippen LogP contribution in [0.25, 0.3) is 11.1 Å². The minimum atomic E-state index is 0.00571. The van der Waals surface area contributed by atoms with Crippen LogP contribution < -0.4 is 4.74 Å². The Kier molecular flexibility index (Phi) is 4.58. The Morgan fingerprint density at radius 3 is 2.17 bits per heavy atom. The van der Waals surface area contributed by atoms with Gasteiger partial charge in [0.25, 0.3) is 0 Å². The van der Waals surface area contributed by atoms with E-state index in [-0.39, 0.29) is 5.78 Å². The van der Waals surface area contributed by atoms with Crippen LogP contribution in [-0.4, -0.2) is 12.9 Å². The first-order valence-electron chi connectivity index (χ1n) is 7.23. The van der Waals surface area contributed by atoms with Gasteiger partial charge in [0.2, 0.25) is 0 Å². The molecule has 0 saturated carbocycles. The van der Waals surface area contributed by atoms with Crippen molar-refractivity contribution < 1.29 is 9.53 Å². The smallest absolute Gasteiger partial charge is 0.193 e. The summed E-state index contributed by atoms with van der Waals surface area (Å²) in [5.74, 6) is 0.744. The molecular formula is C20H15BrO2. The van der Waals surface area contributed by atoms with Crippen LogP contribution in [0.15, 0.2) is 77.3 Å². The van der Waals surface area contributed by atoms with Crippen LogP contribution in [0.5, 0.6) is 5.75 Å². The Morgan fingerprint density at radius 1 is 0.870 bits per heavy atom. The summed E-state index contributed by atoms with van der Waals surface area (Å²) in [6.45, 7) is 0. The fourth-order valence-corrected chi connectivity index (χ4v) is 2.72. The van der Waals surface area contributed by atoms with E-state index in [1.165, 1.54) is 0 Å². The second-order valence-corrected chi connectivity index (χ2v) is 6.03. The highest BCUT2D eigenvalue weighted by molar-refractivity contribution is 9.10. The Bertz CT molecular complexity index is 821. The lowest BCUT2D eigenvalue weighted by atomic mass is 9.94. The standard InChI is InChI=1S/C20H15BrO2/c1-23-17-12-8-15(9-13-17)20(22)19-5-3-2-4-18(19)14-6-10-16(21)11-7-14/h2-13H,1H3. The van der Waals surface area contributed by atoms with Crippen LogP contribution in [-0.2, 0) is 0 Å². The lowest BCUT2D eigenvalue weighted by Gasteiger charge is -2.10. The first kappa shape index (κ1) is 15.5. The molecule has 0 fully saturated rings. The van der Waals surface area contributed by atoms with E-state index in [2.05, 4.69) is 15.9 Å². The molecular weight excluding hydrogens is 352 g/mol. The highest BCUT2D eigenvalue weighted by Crippen LogP contribution is 2.27. The third-order valence-corrected chi connectivity index (χ3v) is 4.21. The molecule has 0 unspecified atom stereocenters. The van der Waals surface area contributed by atoms with Crippen molar-refractivity contribution in [2.24, 2.45) is 0 Å². The van der Waals surface area contributed by atoms with Gasteiger partial charge in [-0.25, -0.2) is 0 Å². The van der Waals surface area contributed by atoms with Crippen LogP contribution in [0.2, 0.25) is 0 Å². The number of hydrogen-bond acceptors (Lipinski definition) is 2. The molecule has 0 bridgehead atoms. The molecule has 3 aromatic rings. The van der Waals surface area contributed by atoms with Crippen LogP contribution in [0.1, 0.15) is 15.9 Å². The largest absolute Gasteiger partial charge is 0.497 e. The summed E-state index contributed by atoms with van der Waals surface area (Å²) in [5, 5.41) is 0. The Labute approximate surface area is 143 Å². The second-order valence-electron chi connectivity index (χ2n) is 5.11. The molecule has 0 N–H and O–H groups in total. The van der Waals surface area contributed by atoms with Crippen molar-refractivity contribution in [2.75, 3.05) is 7.11 Å². The molecule has 0 aliphatic carbocycles. The number of carbonyl (C=O) groups excluding carboxylic acids is 1. The number of methoxy groups -OCH3 is 1. The Balaban J connectivity index is 2.02. The van der Waals surface area contributed by atoms with Gasteiger partial charge in [0.1, 0.15) is 5.75 Å². The van der Waals surface area contributed by atoms with Gasteiger partial charge >= 0.3 is 0 Å². The Morgan fingerprint density at radius 2 is 1.52 bits per heavy atom. The van der Waals surface area contributed by atoms with E-state index in [4.69, 9.17) is 4.74 Å². The number of hydrogen-bond donors (Lipinski definition) is 0. The molecule has 3 aromatic carbocycles. The van der Waals surface area contributed by atoms with Gasteiger partial charge in [0.05, 0.1) is 7.11 Å². The first-order chi connectivity index (χ1) is 11.2. The van der Waals surface area contributed by atoms with Crippen LogP contribution in [0.4, 0.5) is 0 Å². The molecule has 0 aliphatic heterocycles. The van der Waals surface area contributed by atoms with Crippen molar-refractivity contribution in [3.8, 4) is 16.9 Å². The topological polar surface area (TPSA) is 26.3 Å². The number of benzene rings is 3. The average molecular weight is 367 g/mol. The molecule has 0 atom stereocenters. The van der Waals surface area contributed by atoms with Crippen LogP contribution in [0, 0.1) is 0 Å². The summed E-state index contributed by atoms with van der Waals surface area (Å²) in [5.41, 5.74) is 3.29. The fourth-order valence-electron chi connectivity index (χ4n) is 2.46. The van der Waals surface area contributed by atoms with E-state index in [9.17, 15) is 4.79 Å². The van der Waals surface area contributed by atoms with Crippen molar-refractivity contribution in [1.29, 1.82) is 0 Å². The maximum absolute atomic E-state index is 12.9. The van der Waals surface area contributed by atoms with Gasteiger partial charge in [-0.15, -0.1) is 0 Å². The number of ketones is 1. The highest BCUT2D eigenvalue weighted by atomic mass is 79.9. The normalized spacial score (nSPS) is 10.3. The predicted octanol–water partition coefficient (Wildman–Crippen LogP) is 5.36. The molecule has 0 radical (unpaired) electrons. The number of halogens is 1. The van der Waals surface area contributed by atoms with Gasteiger partial charge < -0.3 is 4.74 Å². The third kappa shape index (κ3) is 3.35. The molecule has 0 spiro atoms. The zero-order valence-corrected chi connectivity index (χ0v) is 14.2. The van der Waals surface area contributed by atoms with Crippen molar-refractivity contribution in [3.63, 3.8) is 0 Å². The monoisotopic (exact) mass is 366 g/mol. The van der Waals surface area contributed by atoms with Gasteiger partial charge in [-0.3, -0.25) is 4.79 Å². The zero-order chi connectivity index (χ0) is 16.2. The highest BCUT2D eigenvalue weighted by Gasteiger charge is 2.14. The predicted molar refractivity (Wildman–Crippen MR) is 96.0 cm³/mol. The van der Waals surface area contributed by atoms with Gasteiger partial charge in [-0.05, 0) is 47.5 Å². The van der Waals surface area contributed by atoms with Crippen molar-refractivity contribution in [2.45, 2.75) is 0 Å². The molecule has 3 rings (SSSR count). The molecule has 114 valence electrons. The lowest BCUT2D eigenvalue weighted by molar-refractivity contribution is 0.103. The summed E-state index contributed by atoms with van der Waals surface area (Å²) in [7, 11) is 1.61. The van der Waals surface area contributed by atoms with E-state index in [1.807, 2.05) is 48.5 Å². The van der Waals surface area contributed by atoms with Gasteiger partial charge in [-0.1, -0.05) is 52.3 Å². The third-order valence-electron chi connectivity index (χ3n) is 3.68. The summed E-state index contributed by atoms with van der Waals surface area (Å²) in [4.78, 5) is 12.9. The van der Waals surface area contributed by atoms with Gasteiger partial charge in [0, 0.05) is 15.6 Å². The van der Waals surface area contributed by atoms with Crippen LogP contribution >= 0.6 is 15.9 Å². The molecule has 2 nitrogen and oxygen atoms in total. The van der Waals surface area contributed by atoms with Crippen LogP contribution in [0.3, 0.4) is 0 Å². The Hall–Kier alpha value is -2.39. The van der Waals surface area contributed by atoms with Gasteiger partial charge in [-0.2, -0.15) is 0 Å². The molecule has 0 aliphatic rings. The maximum atomic E-state index is 12.9. The number of carbonyl (C=O) groups is 1. The quantitative estimate of drug-likeness (QED) is 0.581. The average Bonchev–Trinajstić information content (AvgIpc) is 2.62. The van der Waals surface area contributed by atoms with Crippen molar-refractivity contribution in [3.05, 3.63) is 88.4 Å². The van der Waals surface area contributed by atoms with E-state index in [0.29, 0.717) is 11.1 Å². The molecule has 0 aromatic heterocycles. The molecule has 0 saturated heterocycles. The summed E-state index contributed by atoms with van der Waals surface area (Å²) in [6.07, 6.45) is 0. The minimum absolute atomic E-state index is 0.00571. The molecule has 0 heterocycles. The molecule has 0 amide bonds. The first-order valence-corrected chi connectivity index (χ1v) is 8.02. The zero-order valence-electron chi connectivity index (χ0n) is 12.6. The van der Waals surface area contributed by atoms with Gasteiger partial charge in [0.15, 0.2) is 5.78 Å². The summed E-state index contributed by atoms with van der Waals surface area (Å²) >= 11 is 3.44. The van der Waals surface area contributed by atoms with E-state index >= 15 is 0 Å². The summed E-state index contributed by atoms with van der Waals surface area (Å²) < 4.78 is 6.16. The number of ether oxygens (including phenoxy) is 1. The fraction of sp³-hybridized carbons (Fsp3) is 0.0500.